The highest BCUT2D eigenvalue weighted by molar-refractivity contribution is 7.80. The third-order valence-corrected chi connectivity index (χ3v) is 1.00. The zero-order valence-electron chi connectivity index (χ0n) is 3.29. The molecule has 0 N–H and O–H groups in total. The standard InChI is InChI=1S/C4H6OS/c6-4-2-1-3-5-4/h1,3-4,6H,2H2. The van der Waals surface area contributed by atoms with Crippen LogP contribution in [0.3, 0.4) is 0 Å². The molecule has 34 valence electrons. The van der Waals surface area contributed by atoms with Crippen molar-refractivity contribution in [3.8, 4) is 0 Å². The summed E-state index contributed by atoms with van der Waals surface area (Å²) >= 11 is 4.01. The molecule has 0 aliphatic carbocycles. The second-order valence-corrected chi connectivity index (χ2v) is 1.77. The van der Waals surface area contributed by atoms with E-state index in [4.69, 9.17) is 4.74 Å². The van der Waals surface area contributed by atoms with Gasteiger partial charge in [0.25, 0.3) is 0 Å². The van der Waals surface area contributed by atoms with Gasteiger partial charge in [0.2, 0.25) is 0 Å². The first-order valence-electron chi connectivity index (χ1n) is 1.88. The summed E-state index contributed by atoms with van der Waals surface area (Å²) in [6.45, 7) is 0. The van der Waals surface area contributed by atoms with E-state index in [-0.39, 0.29) is 5.44 Å². The van der Waals surface area contributed by atoms with Gasteiger partial charge in [0, 0.05) is 6.42 Å². The van der Waals surface area contributed by atoms with E-state index in [9.17, 15) is 0 Å². The molecule has 6 heavy (non-hydrogen) atoms. The van der Waals surface area contributed by atoms with E-state index in [2.05, 4.69) is 12.6 Å². The summed E-state index contributed by atoms with van der Waals surface area (Å²) in [5.41, 5.74) is 0.130. The van der Waals surface area contributed by atoms with Crippen molar-refractivity contribution in [3.05, 3.63) is 12.3 Å². The third kappa shape index (κ3) is 0.684. The van der Waals surface area contributed by atoms with Crippen LogP contribution in [0.2, 0.25) is 0 Å². The monoisotopic (exact) mass is 102 g/mol. The van der Waals surface area contributed by atoms with Crippen molar-refractivity contribution >= 4 is 12.6 Å². The van der Waals surface area contributed by atoms with E-state index in [1.54, 1.807) is 6.26 Å². The number of thiol groups is 1. The Morgan fingerprint density at radius 2 is 2.67 bits per heavy atom. The van der Waals surface area contributed by atoms with Crippen LogP contribution >= 0.6 is 12.6 Å². The summed E-state index contributed by atoms with van der Waals surface area (Å²) in [5.74, 6) is 0. The zero-order valence-corrected chi connectivity index (χ0v) is 4.19. The van der Waals surface area contributed by atoms with Crippen LogP contribution in [0.4, 0.5) is 0 Å². The average Bonchev–Trinajstić information content (AvgIpc) is 1.86. The number of rotatable bonds is 0. The Morgan fingerprint density at radius 3 is 2.83 bits per heavy atom. The van der Waals surface area contributed by atoms with Gasteiger partial charge in [0.15, 0.2) is 0 Å². The van der Waals surface area contributed by atoms with Crippen LogP contribution in [0, 0.1) is 0 Å². The molecule has 0 amide bonds. The molecule has 0 aromatic heterocycles. The molecule has 1 unspecified atom stereocenters. The van der Waals surface area contributed by atoms with Crippen molar-refractivity contribution in [2.24, 2.45) is 0 Å². The van der Waals surface area contributed by atoms with Gasteiger partial charge in [0.05, 0.1) is 6.26 Å². The molecular weight excluding hydrogens is 96.1 g/mol. The highest BCUT2D eigenvalue weighted by Gasteiger charge is 2.01. The molecule has 1 atom stereocenters. The Hall–Kier alpha value is -0.110. The molecule has 0 spiro atoms. The van der Waals surface area contributed by atoms with Crippen molar-refractivity contribution in [1.82, 2.24) is 0 Å². The minimum atomic E-state index is 0.130. The SMILES string of the molecule is SC1CC=CO1. The van der Waals surface area contributed by atoms with Crippen molar-refractivity contribution in [2.75, 3.05) is 0 Å². The van der Waals surface area contributed by atoms with Crippen LogP contribution in [-0.2, 0) is 4.74 Å². The Labute approximate surface area is 42.4 Å². The molecule has 1 rings (SSSR count). The maximum absolute atomic E-state index is 4.84. The predicted octanol–water partition coefficient (Wildman–Crippen LogP) is 1.18. The van der Waals surface area contributed by atoms with Gasteiger partial charge in [-0.1, -0.05) is 0 Å². The molecule has 1 nitrogen and oxygen atoms in total. The third-order valence-electron chi connectivity index (χ3n) is 0.670. The van der Waals surface area contributed by atoms with Crippen LogP contribution in [0.1, 0.15) is 6.42 Å². The second-order valence-electron chi connectivity index (χ2n) is 1.20. The highest BCUT2D eigenvalue weighted by Crippen LogP contribution is 2.10. The molecule has 0 saturated heterocycles. The van der Waals surface area contributed by atoms with Gasteiger partial charge in [-0.15, -0.1) is 12.6 Å². The normalized spacial score (nSPS) is 30.5. The summed E-state index contributed by atoms with van der Waals surface area (Å²) in [6, 6.07) is 0. The highest BCUT2D eigenvalue weighted by atomic mass is 32.1. The van der Waals surface area contributed by atoms with Crippen molar-refractivity contribution < 1.29 is 4.74 Å². The fourth-order valence-corrected chi connectivity index (χ4v) is 0.566. The second kappa shape index (κ2) is 1.56. The molecule has 0 aromatic carbocycles. The Bertz CT molecular complexity index is 61.9. The number of ether oxygens (including phenoxy) is 1. The molecular formula is C4H6OS. The molecule has 1 heterocycles. The van der Waals surface area contributed by atoms with Crippen LogP contribution in [0.5, 0.6) is 0 Å². The first-order chi connectivity index (χ1) is 2.89. The van der Waals surface area contributed by atoms with Gasteiger partial charge in [-0.25, -0.2) is 0 Å². The maximum atomic E-state index is 4.84. The number of hydrogen-bond acceptors (Lipinski definition) is 2. The van der Waals surface area contributed by atoms with E-state index in [0.29, 0.717) is 0 Å². The summed E-state index contributed by atoms with van der Waals surface area (Å²) < 4.78 is 4.84. The minimum Gasteiger partial charge on any atom is -0.488 e. The van der Waals surface area contributed by atoms with Gasteiger partial charge in [0.1, 0.15) is 5.44 Å². The average molecular weight is 102 g/mol. The summed E-state index contributed by atoms with van der Waals surface area (Å²) in [7, 11) is 0. The lowest BCUT2D eigenvalue weighted by Gasteiger charge is -1.96. The molecule has 0 bridgehead atoms. The quantitative estimate of drug-likeness (QED) is 0.452. The van der Waals surface area contributed by atoms with Gasteiger partial charge >= 0.3 is 0 Å². The Kier molecular flexibility index (Phi) is 1.05. The van der Waals surface area contributed by atoms with E-state index in [0.717, 1.165) is 6.42 Å². The van der Waals surface area contributed by atoms with E-state index in [1.807, 2.05) is 6.08 Å². The molecule has 0 fully saturated rings. The van der Waals surface area contributed by atoms with Crippen LogP contribution in [0.15, 0.2) is 12.3 Å². The van der Waals surface area contributed by atoms with Gasteiger partial charge in [-0.3, -0.25) is 0 Å². The summed E-state index contributed by atoms with van der Waals surface area (Å²) in [4.78, 5) is 0. The first-order valence-corrected chi connectivity index (χ1v) is 2.40. The first kappa shape index (κ1) is 4.06. The van der Waals surface area contributed by atoms with E-state index < -0.39 is 0 Å². The Balaban J connectivity index is 2.32. The fraction of sp³-hybridized carbons (Fsp3) is 0.500. The molecule has 0 radical (unpaired) electrons. The van der Waals surface area contributed by atoms with Crippen LogP contribution < -0.4 is 0 Å². The van der Waals surface area contributed by atoms with Gasteiger partial charge in [-0.2, -0.15) is 0 Å². The van der Waals surface area contributed by atoms with Crippen LogP contribution in [-0.4, -0.2) is 5.44 Å². The molecule has 1 aliphatic heterocycles. The topological polar surface area (TPSA) is 9.23 Å². The summed E-state index contributed by atoms with van der Waals surface area (Å²) in [5, 5.41) is 0. The van der Waals surface area contributed by atoms with E-state index >= 15 is 0 Å². The lowest BCUT2D eigenvalue weighted by molar-refractivity contribution is 0.252. The van der Waals surface area contributed by atoms with E-state index in [1.165, 1.54) is 0 Å². The molecule has 0 aromatic rings. The van der Waals surface area contributed by atoms with Gasteiger partial charge < -0.3 is 4.74 Å². The number of hydrogen-bond donors (Lipinski definition) is 1. The van der Waals surface area contributed by atoms with Crippen molar-refractivity contribution in [1.29, 1.82) is 0 Å². The van der Waals surface area contributed by atoms with Crippen LogP contribution in [0.25, 0.3) is 0 Å². The fourth-order valence-electron chi connectivity index (χ4n) is 0.374. The summed E-state index contributed by atoms with van der Waals surface area (Å²) in [6.07, 6.45) is 4.58. The molecule has 0 saturated carbocycles. The van der Waals surface area contributed by atoms with Crippen molar-refractivity contribution in [2.45, 2.75) is 11.9 Å². The largest absolute Gasteiger partial charge is 0.488 e. The maximum Gasteiger partial charge on any atom is 0.144 e. The van der Waals surface area contributed by atoms with Gasteiger partial charge in [-0.05, 0) is 6.08 Å². The molecule has 2 heteroatoms. The smallest absolute Gasteiger partial charge is 0.144 e. The lowest BCUT2D eigenvalue weighted by Crippen LogP contribution is -1.89. The zero-order chi connectivity index (χ0) is 4.41. The molecule has 1 aliphatic rings. The van der Waals surface area contributed by atoms with Crippen molar-refractivity contribution in [3.63, 3.8) is 0 Å². The Morgan fingerprint density at radius 1 is 1.83 bits per heavy atom. The lowest BCUT2D eigenvalue weighted by atomic mass is 10.5. The minimum absolute atomic E-state index is 0.130. The predicted molar refractivity (Wildman–Crippen MR) is 27.6 cm³/mol.